The number of nitro benzene ring substituents is 1. The first-order chi connectivity index (χ1) is 8.45. The summed E-state index contributed by atoms with van der Waals surface area (Å²) in [5.74, 6) is -0.976. The minimum Gasteiger partial charge on any atom is -0.301 e. The molecule has 1 aromatic carbocycles. The molecule has 0 aliphatic heterocycles. The van der Waals surface area contributed by atoms with Crippen LogP contribution in [0, 0.1) is 33.2 Å². The van der Waals surface area contributed by atoms with E-state index in [-0.39, 0.29) is 18.0 Å². The number of rotatable bonds is 5. The van der Waals surface area contributed by atoms with Crippen LogP contribution in [0.5, 0.6) is 0 Å². The molecule has 1 rings (SSSR count). The normalized spacial score (nSPS) is 12.2. The summed E-state index contributed by atoms with van der Waals surface area (Å²) < 4.78 is 13.8. The third kappa shape index (κ3) is 3.50. The first-order valence-corrected chi connectivity index (χ1v) is 5.45. The van der Waals surface area contributed by atoms with Gasteiger partial charge in [0.15, 0.2) is 0 Å². The number of nitro groups is 1. The monoisotopic (exact) mass is 251 g/mol. The first kappa shape index (κ1) is 14.1. The second kappa shape index (κ2) is 6.07. The molecule has 1 atom stereocenters. The van der Waals surface area contributed by atoms with Crippen LogP contribution in [-0.2, 0) is 6.54 Å². The minimum absolute atomic E-state index is 0.170. The zero-order valence-electron chi connectivity index (χ0n) is 10.3. The van der Waals surface area contributed by atoms with E-state index in [1.54, 1.807) is 18.9 Å². The molecular weight excluding hydrogens is 237 g/mol. The van der Waals surface area contributed by atoms with Crippen molar-refractivity contribution in [2.75, 3.05) is 13.6 Å². The highest BCUT2D eigenvalue weighted by Gasteiger charge is 2.18. The molecule has 0 aliphatic carbocycles. The smallest absolute Gasteiger partial charge is 0.301 e. The molecule has 0 N–H and O–H groups in total. The molecule has 0 radical (unpaired) electrons. The molecule has 0 aliphatic rings. The Morgan fingerprint density at radius 3 is 2.83 bits per heavy atom. The number of hydrogen-bond acceptors (Lipinski definition) is 4. The van der Waals surface area contributed by atoms with Crippen LogP contribution in [0.15, 0.2) is 18.2 Å². The first-order valence-electron chi connectivity index (χ1n) is 5.45. The molecule has 0 aromatic heterocycles. The minimum atomic E-state index is -0.807. The maximum atomic E-state index is 13.8. The lowest BCUT2D eigenvalue weighted by atomic mass is 10.1. The number of hydrogen-bond donors (Lipinski definition) is 0. The Bertz CT molecular complexity index is 485. The molecule has 0 spiro atoms. The molecule has 0 amide bonds. The Labute approximate surface area is 105 Å². The highest BCUT2D eigenvalue weighted by Crippen LogP contribution is 2.21. The predicted octanol–water partition coefficient (Wildman–Crippen LogP) is 2.33. The molecule has 6 heteroatoms. The van der Waals surface area contributed by atoms with E-state index in [0.717, 1.165) is 6.07 Å². The van der Waals surface area contributed by atoms with E-state index in [1.807, 2.05) is 0 Å². The largest absolute Gasteiger partial charge is 0.305 e. The van der Waals surface area contributed by atoms with E-state index < -0.39 is 16.4 Å². The summed E-state index contributed by atoms with van der Waals surface area (Å²) in [5.41, 5.74) is -0.258. The van der Waals surface area contributed by atoms with Crippen molar-refractivity contribution in [3.8, 4) is 6.07 Å². The van der Waals surface area contributed by atoms with Gasteiger partial charge in [0, 0.05) is 24.7 Å². The van der Waals surface area contributed by atoms with Crippen molar-refractivity contribution in [1.82, 2.24) is 4.90 Å². The van der Waals surface area contributed by atoms with Gasteiger partial charge in [-0.2, -0.15) is 9.65 Å². The maximum Gasteiger partial charge on any atom is 0.305 e. The fraction of sp³-hybridized carbons (Fsp3) is 0.417. The van der Waals surface area contributed by atoms with Crippen LogP contribution in [0.2, 0.25) is 0 Å². The summed E-state index contributed by atoms with van der Waals surface area (Å²) in [7, 11) is 1.74. The zero-order chi connectivity index (χ0) is 13.7. The van der Waals surface area contributed by atoms with E-state index in [2.05, 4.69) is 6.07 Å². The van der Waals surface area contributed by atoms with Crippen LogP contribution < -0.4 is 0 Å². The lowest BCUT2D eigenvalue weighted by Crippen LogP contribution is -2.24. The molecule has 96 valence electrons. The second-order valence-corrected chi connectivity index (χ2v) is 4.23. The van der Waals surface area contributed by atoms with E-state index in [9.17, 15) is 14.5 Å². The van der Waals surface area contributed by atoms with Crippen molar-refractivity contribution in [3.05, 3.63) is 39.7 Å². The quantitative estimate of drug-likeness (QED) is 0.594. The van der Waals surface area contributed by atoms with Gasteiger partial charge >= 0.3 is 5.69 Å². The number of halogens is 1. The van der Waals surface area contributed by atoms with Crippen LogP contribution in [-0.4, -0.2) is 23.4 Å². The summed E-state index contributed by atoms with van der Waals surface area (Å²) >= 11 is 0. The van der Waals surface area contributed by atoms with Crippen LogP contribution in [0.25, 0.3) is 0 Å². The Morgan fingerprint density at radius 1 is 1.61 bits per heavy atom. The van der Waals surface area contributed by atoms with Gasteiger partial charge in [-0.1, -0.05) is 12.1 Å². The molecule has 1 unspecified atom stereocenters. The van der Waals surface area contributed by atoms with Crippen molar-refractivity contribution >= 4 is 5.69 Å². The molecule has 5 nitrogen and oxygen atoms in total. The lowest BCUT2D eigenvalue weighted by Gasteiger charge is -2.17. The summed E-state index contributed by atoms with van der Waals surface area (Å²) in [6, 6.07) is 6.18. The van der Waals surface area contributed by atoms with Gasteiger partial charge in [-0.15, -0.1) is 0 Å². The Hall–Kier alpha value is -2.00. The topological polar surface area (TPSA) is 70.2 Å². The van der Waals surface area contributed by atoms with E-state index >= 15 is 0 Å². The lowest BCUT2D eigenvalue weighted by molar-refractivity contribution is -0.387. The summed E-state index contributed by atoms with van der Waals surface area (Å²) in [5, 5.41) is 19.3. The number of nitriles is 1. The van der Waals surface area contributed by atoms with Crippen LogP contribution in [0.4, 0.5) is 10.1 Å². The van der Waals surface area contributed by atoms with Crippen molar-refractivity contribution in [2.24, 2.45) is 5.92 Å². The second-order valence-electron chi connectivity index (χ2n) is 4.23. The van der Waals surface area contributed by atoms with Gasteiger partial charge in [-0.3, -0.25) is 10.1 Å². The number of benzene rings is 1. The van der Waals surface area contributed by atoms with Gasteiger partial charge in [-0.25, -0.2) is 0 Å². The van der Waals surface area contributed by atoms with Gasteiger partial charge in [0.1, 0.15) is 0 Å². The van der Waals surface area contributed by atoms with Gasteiger partial charge in [0.25, 0.3) is 0 Å². The highest BCUT2D eigenvalue weighted by atomic mass is 19.1. The molecular formula is C12H14FN3O2. The van der Waals surface area contributed by atoms with E-state index in [4.69, 9.17) is 5.26 Å². The van der Waals surface area contributed by atoms with Crippen molar-refractivity contribution in [2.45, 2.75) is 13.5 Å². The van der Waals surface area contributed by atoms with Crippen LogP contribution >= 0.6 is 0 Å². The molecule has 0 saturated carbocycles. The van der Waals surface area contributed by atoms with Gasteiger partial charge < -0.3 is 4.90 Å². The molecule has 0 fully saturated rings. The average molecular weight is 251 g/mol. The summed E-state index contributed by atoms with van der Waals surface area (Å²) in [4.78, 5) is 11.6. The third-order valence-electron chi connectivity index (χ3n) is 2.50. The fourth-order valence-corrected chi connectivity index (χ4v) is 1.69. The SMILES string of the molecule is CC(C#N)CN(C)Cc1cccc([N+](=O)[O-])c1F. The van der Waals surface area contributed by atoms with Crippen molar-refractivity contribution in [1.29, 1.82) is 5.26 Å². The molecule has 18 heavy (non-hydrogen) atoms. The third-order valence-corrected chi connectivity index (χ3v) is 2.50. The Kier molecular flexibility index (Phi) is 4.75. The van der Waals surface area contributed by atoms with E-state index in [0.29, 0.717) is 6.54 Å². The molecule has 0 bridgehead atoms. The summed E-state index contributed by atoms with van der Waals surface area (Å²) in [6.07, 6.45) is 0. The average Bonchev–Trinajstić information content (AvgIpc) is 2.31. The molecule has 0 heterocycles. The highest BCUT2D eigenvalue weighted by molar-refractivity contribution is 5.36. The van der Waals surface area contributed by atoms with Crippen molar-refractivity contribution in [3.63, 3.8) is 0 Å². The molecule has 1 aromatic rings. The zero-order valence-corrected chi connectivity index (χ0v) is 10.3. The van der Waals surface area contributed by atoms with Gasteiger partial charge in [0.2, 0.25) is 5.82 Å². The van der Waals surface area contributed by atoms with Crippen LogP contribution in [0.3, 0.4) is 0 Å². The number of nitrogens with zero attached hydrogens (tertiary/aromatic N) is 3. The van der Waals surface area contributed by atoms with Crippen LogP contribution in [0.1, 0.15) is 12.5 Å². The Balaban J connectivity index is 2.83. The van der Waals surface area contributed by atoms with Gasteiger partial charge in [0.05, 0.1) is 16.9 Å². The van der Waals surface area contributed by atoms with Gasteiger partial charge in [-0.05, 0) is 14.0 Å². The summed E-state index contributed by atoms with van der Waals surface area (Å²) in [6.45, 7) is 2.48. The Morgan fingerprint density at radius 2 is 2.28 bits per heavy atom. The van der Waals surface area contributed by atoms with E-state index in [1.165, 1.54) is 12.1 Å². The fourth-order valence-electron chi connectivity index (χ4n) is 1.69. The van der Waals surface area contributed by atoms with Crippen molar-refractivity contribution < 1.29 is 9.31 Å². The maximum absolute atomic E-state index is 13.8. The molecule has 0 saturated heterocycles. The predicted molar refractivity (Wildman–Crippen MR) is 64.2 cm³/mol. The standard InChI is InChI=1S/C12H14FN3O2/c1-9(6-14)7-15(2)8-10-4-3-5-11(12(10)13)16(17)18/h3-5,9H,7-8H2,1-2H3.